The number of pyridine rings is 1. The second kappa shape index (κ2) is 7.12. The van der Waals surface area contributed by atoms with E-state index in [9.17, 15) is 4.79 Å². The second-order valence-corrected chi connectivity index (χ2v) is 4.80. The van der Waals surface area contributed by atoms with Crippen LogP contribution in [0.5, 0.6) is 5.75 Å². The van der Waals surface area contributed by atoms with Crippen LogP contribution in [0.1, 0.15) is 12.0 Å². The number of ether oxygens (including phenoxy) is 1. The Labute approximate surface area is 122 Å². The molecule has 0 unspecified atom stereocenters. The number of aliphatic hydroxyl groups excluding tert-OH is 1. The van der Waals surface area contributed by atoms with Crippen molar-refractivity contribution in [1.29, 1.82) is 0 Å². The van der Waals surface area contributed by atoms with Gasteiger partial charge in [-0.05, 0) is 36.2 Å². The fraction of sp³-hybridized carbons (Fsp3) is 0.267. The first-order chi connectivity index (χ1) is 9.70. The molecular weight excluding hydrogens is 278 g/mol. The normalized spacial score (nSPS) is 10.5. The Morgan fingerprint density at radius 1 is 1.20 bits per heavy atom. The summed E-state index contributed by atoms with van der Waals surface area (Å²) < 4.78 is 7.08. The van der Waals surface area contributed by atoms with Crippen LogP contribution in [-0.4, -0.2) is 16.3 Å². The Hall–Kier alpha value is -1.78. The van der Waals surface area contributed by atoms with E-state index in [1.54, 1.807) is 30.5 Å². The van der Waals surface area contributed by atoms with Crippen molar-refractivity contribution in [3.05, 3.63) is 63.5 Å². The lowest BCUT2D eigenvalue weighted by molar-refractivity contribution is 0.275. The summed E-state index contributed by atoms with van der Waals surface area (Å²) >= 11 is 5.81. The Morgan fingerprint density at radius 3 is 2.65 bits per heavy atom. The molecule has 0 amide bonds. The number of hydrogen-bond donors (Lipinski definition) is 1. The fourth-order valence-electron chi connectivity index (χ4n) is 1.78. The lowest BCUT2D eigenvalue weighted by atomic mass is 10.2. The molecule has 1 aromatic carbocycles. The van der Waals surface area contributed by atoms with E-state index >= 15 is 0 Å². The van der Waals surface area contributed by atoms with Gasteiger partial charge in [-0.1, -0.05) is 23.7 Å². The third-order valence-corrected chi connectivity index (χ3v) is 3.10. The topological polar surface area (TPSA) is 51.5 Å². The molecule has 1 heterocycles. The van der Waals surface area contributed by atoms with Crippen molar-refractivity contribution in [3.63, 3.8) is 0 Å². The summed E-state index contributed by atoms with van der Waals surface area (Å²) in [7, 11) is 0. The van der Waals surface area contributed by atoms with Crippen molar-refractivity contribution in [2.45, 2.75) is 19.6 Å². The summed E-state index contributed by atoms with van der Waals surface area (Å²) in [6.45, 7) is 0.853. The van der Waals surface area contributed by atoms with E-state index in [4.69, 9.17) is 21.4 Å². The highest BCUT2D eigenvalue weighted by molar-refractivity contribution is 6.30. The average Bonchev–Trinajstić information content (AvgIpc) is 2.47. The van der Waals surface area contributed by atoms with Crippen molar-refractivity contribution >= 4 is 11.6 Å². The third-order valence-electron chi connectivity index (χ3n) is 2.85. The summed E-state index contributed by atoms with van der Waals surface area (Å²) in [5, 5.41) is 9.47. The molecule has 0 radical (unpaired) electrons. The van der Waals surface area contributed by atoms with E-state index in [1.165, 1.54) is 4.57 Å². The van der Waals surface area contributed by atoms with Crippen LogP contribution < -0.4 is 10.3 Å². The molecule has 0 saturated carbocycles. The van der Waals surface area contributed by atoms with Crippen molar-refractivity contribution in [2.75, 3.05) is 6.61 Å². The van der Waals surface area contributed by atoms with Gasteiger partial charge in [-0.25, -0.2) is 0 Å². The maximum Gasteiger partial charge on any atom is 0.292 e. The van der Waals surface area contributed by atoms with Gasteiger partial charge in [0.15, 0.2) is 5.75 Å². The van der Waals surface area contributed by atoms with Crippen LogP contribution in [0.4, 0.5) is 0 Å². The van der Waals surface area contributed by atoms with E-state index in [0.29, 0.717) is 30.3 Å². The Kier molecular flexibility index (Phi) is 5.21. The van der Waals surface area contributed by atoms with Gasteiger partial charge in [0.25, 0.3) is 5.56 Å². The standard InChI is InChI=1S/C15H16ClNO3/c16-13-6-4-12(5-7-13)11-20-14-3-1-8-17(15(14)19)9-2-10-18/h1,3-8,18H,2,9-11H2. The molecule has 0 aliphatic heterocycles. The predicted molar refractivity (Wildman–Crippen MR) is 78.2 cm³/mol. The van der Waals surface area contributed by atoms with Crippen LogP contribution in [-0.2, 0) is 13.2 Å². The lowest BCUT2D eigenvalue weighted by Crippen LogP contribution is -2.21. The molecule has 1 aromatic heterocycles. The van der Waals surface area contributed by atoms with Gasteiger partial charge in [0.2, 0.25) is 0 Å². The lowest BCUT2D eigenvalue weighted by Gasteiger charge is -2.09. The van der Waals surface area contributed by atoms with Crippen LogP contribution in [0.2, 0.25) is 5.02 Å². The highest BCUT2D eigenvalue weighted by Gasteiger charge is 2.04. The van der Waals surface area contributed by atoms with E-state index in [1.807, 2.05) is 12.1 Å². The van der Waals surface area contributed by atoms with Crippen LogP contribution in [0.15, 0.2) is 47.4 Å². The average molecular weight is 294 g/mol. The minimum atomic E-state index is -0.185. The van der Waals surface area contributed by atoms with E-state index in [2.05, 4.69) is 0 Å². The maximum absolute atomic E-state index is 12.1. The molecule has 106 valence electrons. The number of aryl methyl sites for hydroxylation is 1. The summed E-state index contributed by atoms with van der Waals surface area (Å²) in [6, 6.07) is 10.7. The van der Waals surface area contributed by atoms with Gasteiger partial charge in [0.05, 0.1) is 0 Å². The number of rotatable bonds is 6. The van der Waals surface area contributed by atoms with Gasteiger partial charge >= 0.3 is 0 Å². The molecule has 0 aliphatic rings. The first kappa shape index (κ1) is 14.6. The first-order valence-electron chi connectivity index (χ1n) is 6.38. The molecule has 2 rings (SSSR count). The zero-order valence-electron chi connectivity index (χ0n) is 11.0. The molecule has 0 atom stereocenters. The molecular formula is C15H16ClNO3. The first-order valence-corrected chi connectivity index (χ1v) is 6.76. The highest BCUT2D eigenvalue weighted by Crippen LogP contribution is 2.11. The zero-order chi connectivity index (χ0) is 14.4. The quantitative estimate of drug-likeness (QED) is 0.890. The monoisotopic (exact) mass is 293 g/mol. The third kappa shape index (κ3) is 3.85. The summed E-state index contributed by atoms with van der Waals surface area (Å²) in [5.41, 5.74) is 0.759. The Bertz CT molecular complexity index is 607. The fourth-order valence-corrected chi connectivity index (χ4v) is 1.91. The molecule has 0 spiro atoms. The summed E-state index contributed by atoms with van der Waals surface area (Å²) in [4.78, 5) is 12.1. The van der Waals surface area contributed by atoms with E-state index in [-0.39, 0.29) is 12.2 Å². The van der Waals surface area contributed by atoms with Crippen molar-refractivity contribution < 1.29 is 9.84 Å². The smallest absolute Gasteiger partial charge is 0.292 e. The number of aromatic nitrogens is 1. The van der Waals surface area contributed by atoms with Gasteiger partial charge in [-0.3, -0.25) is 4.79 Å². The number of benzene rings is 1. The predicted octanol–water partition coefficient (Wildman–Crippen LogP) is 2.46. The van der Waals surface area contributed by atoms with Crippen LogP contribution in [0, 0.1) is 0 Å². The SMILES string of the molecule is O=c1c(OCc2ccc(Cl)cc2)cccn1CCCO. The molecule has 0 fully saturated rings. The van der Waals surface area contributed by atoms with Gasteiger partial charge in [-0.15, -0.1) is 0 Å². The van der Waals surface area contributed by atoms with Crippen molar-refractivity contribution in [1.82, 2.24) is 4.57 Å². The van der Waals surface area contributed by atoms with Gasteiger partial charge < -0.3 is 14.4 Å². The molecule has 4 nitrogen and oxygen atoms in total. The van der Waals surface area contributed by atoms with Crippen LogP contribution in [0.25, 0.3) is 0 Å². The van der Waals surface area contributed by atoms with Gasteiger partial charge in [0, 0.05) is 24.4 Å². The zero-order valence-corrected chi connectivity index (χ0v) is 11.7. The van der Waals surface area contributed by atoms with Gasteiger partial charge in [0.1, 0.15) is 6.61 Å². The number of aliphatic hydroxyl groups is 1. The van der Waals surface area contributed by atoms with E-state index in [0.717, 1.165) is 5.56 Å². The number of hydrogen-bond acceptors (Lipinski definition) is 3. The molecule has 2 aromatic rings. The van der Waals surface area contributed by atoms with Crippen LogP contribution in [0.3, 0.4) is 0 Å². The minimum Gasteiger partial charge on any atom is -0.483 e. The maximum atomic E-state index is 12.1. The summed E-state index contributed by atoms with van der Waals surface area (Å²) in [6.07, 6.45) is 2.23. The summed E-state index contributed by atoms with van der Waals surface area (Å²) in [5.74, 6) is 0.306. The molecule has 20 heavy (non-hydrogen) atoms. The highest BCUT2D eigenvalue weighted by atomic mass is 35.5. The van der Waals surface area contributed by atoms with E-state index < -0.39 is 0 Å². The number of halogens is 1. The molecule has 0 aliphatic carbocycles. The van der Waals surface area contributed by atoms with Crippen LogP contribution >= 0.6 is 11.6 Å². The minimum absolute atomic E-state index is 0.0578. The molecule has 1 N–H and O–H groups in total. The van der Waals surface area contributed by atoms with Crippen molar-refractivity contribution in [3.8, 4) is 5.75 Å². The molecule has 0 saturated heterocycles. The number of nitrogens with zero attached hydrogens (tertiary/aromatic N) is 1. The Balaban J connectivity index is 2.06. The molecule has 0 bridgehead atoms. The van der Waals surface area contributed by atoms with Gasteiger partial charge in [-0.2, -0.15) is 0 Å². The van der Waals surface area contributed by atoms with Crippen molar-refractivity contribution in [2.24, 2.45) is 0 Å². The second-order valence-electron chi connectivity index (χ2n) is 4.36. The molecule has 5 heteroatoms. The Morgan fingerprint density at radius 2 is 1.95 bits per heavy atom. The largest absolute Gasteiger partial charge is 0.483 e.